The van der Waals surface area contributed by atoms with E-state index in [1.54, 1.807) is 34.9 Å². The fourth-order valence-electron chi connectivity index (χ4n) is 5.12. The van der Waals surface area contributed by atoms with Crippen molar-refractivity contribution in [3.05, 3.63) is 0 Å². The maximum absolute atomic E-state index is 13.9. The Hall–Kier alpha value is -3.18. The quantitative estimate of drug-likeness (QED) is 0.241. The Morgan fingerprint density at radius 3 is 2.12 bits per heavy atom. The minimum Gasteiger partial charge on any atom is -0.363 e. The largest absolute Gasteiger partial charge is 0.363 e. The number of rotatable bonds is 13. The van der Waals surface area contributed by atoms with E-state index in [0.717, 1.165) is 19.3 Å². The van der Waals surface area contributed by atoms with Crippen LogP contribution in [0.15, 0.2) is 0 Å². The summed E-state index contributed by atoms with van der Waals surface area (Å²) in [6.45, 7) is 9.40. The van der Waals surface area contributed by atoms with Gasteiger partial charge in [0, 0.05) is 20.6 Å². The zero-order chi connectivity index (χ0) is 30.4. The third-order valence-corrected chi connectivity index (χ3v) is 7.82. The minimum atomic E-state index is -1.10. The number of hydrogen-bond donors (Lipinski definition) is 4. The van der Waals surface area contributed by atoms with E-state index in [1.165, 1.54) is 9.80 Å². The van der Waals surface area contributed by atoms with Crippen molar-refractivity contribution in [2.24, 2.45) is 28.9 Å². The summed E-state index contributed by atoms with van der Waals surface area (Å²) in [5.74, 6) is -2.70. The molecule has 1 saturated carbocycles. The van der Waals surface area contributed by atoms with Gasteiger partial charge in [0.25, 0.3) is 5.91 Å². The van der Waals surface area contributed by atoms with Crippen LogP contribution in [0, 0.1) is 23.2 Å². The number of Topliss-reactive ketones (excluding diaryl/α,β-unsaturated/α-hetero) is 1. The molecule has 12 nitrogen and oxygen atoms in total. The summed E-state index contributed by atoms with van der Waals surface area (Å²) in [7, 11) is 3.14. The summed E-state index contributed by atoms with van der Waals surface area (Å²) >= 11 is 0. The topological polar surface area (TPSA) is 171 Å². The monoisotopic (exact) mass is 564 g/mol. The molecule has 0 aromatic heterocycles. The van der Waals surface area contributed by atoms with Crippen LogP contribution in [0.1, 0.15) is 73.1 Å². The maximum Gasteiger partial charge on any atom is 0.315 e. The van der Waals surface area contributed by atoms with Crippen molar-refractivity contribution < 1.29 is 28.8 Å². The molecule has 1 aliphatic carbocycles. The highest BCUT2D eigenvalue weighted by molar-refractivity contribution is 6.37. The second kappa shape index (κ2) is 13.9. The van der Waals surface area contributed by atoms with Crippen molar-refractivity contribution >= 4 is 35.4 Å². The molecular formula is C28H48N6O6. The number of ketones is 1. The van der Waals surface area contributed by atoms with Crippen molar-refractivity contribution in [3.8, 4) is 0 Å². The van der Waals surface area contributed by atoms with Crippen LogP contribution in [0.4, 0.5) is 4.79 Å². The first-order valence-corrected chi connectivity index (χ1v) is 14.2. The average molecular weight is 565 g/mol. The number of urea groups is 1. The molecule has 1 saturated heterocycles. The molecular weight excluding hydrogens is 516 g/mol. The lowest BCUT2D eigenvalue weighted by atomic mass is 9.84. The van der Waals surface area contributed by atoms with Gasteiger partial charge < -0.3 is 31.5 Å². The summed E-state index contributed by atoms with van der Waals surface area (Å²) in [4.78, 5) is 79.3. The minimum absolute atomic E-state index is 0.0510. The molecule has 12 heteroatoms. The summed E-state index contributed by atoms with van der Waals surface area (Å²) in [5, 5.41) is 7.91. The second-order valence-corrected chi connectivity index (χ2v) is 12.8. The first kappa shape index (κ1) is 33.0. The number of hydrogen-bond acceptors (Lipinski definition) is 6. The van der Waals surface area contributed by atoms with Crippen molar-refractivity contribution in [2.75, 3.05) is 27.2 Å². The lowest BCUT2D eigenvalue weighted by Crippen LogP contribution is -2.61. The first-order valence-electron chi connectivity index (χ1n) is 14.2. The van der Waals surface area contributed by atoms with Gasteiger partial charge in [-0.05, 0) is 36.0 Å². The van der Waals surface area contributed by atoms with Crippen LogP contribution in [-0.4, -0.2) is 90.6 Å². The number of carbonyl (C=O) groups is 6. The van der Waals surface area contributed by atoms with E-state index in [4.69, 9.17) is 5.73 Å². The summed E-state index contributed by atoms with van der Waals surface area (Å²) < 4.78 is 0. The fraction of sp³-hybridized carbons (Fsp3) is 0.786. The lowest BCUT2D eigenvalue weighted by molar-refractivity contribution is -0.144. The van der Waals surface area contributed by atoms with Crippen molar-refractivity contribution in [1.82, 2.24) is 25.8 Å². The van der Waals surface area contributed by atoms with Gasteiger partial charge in [-0.2, -0.15) is 0 Å². The standard InChI is InChI=1S/C28H48N6O6/c1-16(2)18-13-14-34(26(39)23(28(3,4)5)32-27(40)30-15-20(35)33(6)7)21(18)25(38)31-19(22(36)24(29)37)10-8-9-17-11-12-17/h16-19,21,23H,8-15H2,1-7H3,(H2,29,37)(H,31,38)(H2,30,32,40)/t18-,19?,21+,23-/m1/s1. The highest BCUT2D eigenvalue weighted by atomic mass is 16.2. The zero-order valence-electron chi connectivity index (χ0n) is 25.0. The van der Waals surface area contributed by atoms with Crippen molar-refractivity contribution in [3.63, 3.8) is 0 Å². The molecule has 40 heavy (non-hydrogen) atoms. The molecule has 0 spiro atoms. The van der Waals surface area contributed by atoms with Gasteiger partial charge in [0.2, 0.25) is 23.5 Å². The fourth-order valence-corrected chi connectivity index (χ4v) is 5.12. The van der Waals surface area contributed by atoms with Crippen LogP contribution in [0.2, 0.25) is 0 Å². The molecule has 5 N–H and O–H groups in total. The Labute approximate surface area is 237 Å². The van der Waals surface area contributed by atoms with Gasteiger partial charge in [-0.15, -0.1) is 0 Å². The zero-order valence-corrected chi connectivity index (χ0v) is 25.0. The number of amides is 6. The van der Waals surface area contributed by atoms with E-state index in [-0.39, 0.29) is 24.3 Å². The number of nitrogens with zero attached hydrogens (tertiary/aromatic N) is 2. The van der Waals surface area contributed by atoms with E-state index < -0.39 is 53.1 Å². The van der Waals surface area contributed by atoms with E-state index in [2.05, 4.69) is 16.0 Å². The van der Waals surface area contributed by atoms with Gasteiger partial charge in [0.1, 0.15) is 12.1 Å². The van der Waals surface area contributed by atoms with E-state index in [9.17, 15) is 28.8 Å². The Balaban J connectivity index is 2.24. The lowest BCUT2D eigenvalue weighted by Gasteiger charge is -2.37. The highest BCUT2D eigenvalue weighted by Crippen LogP contribution is 2.35. The second-order valence-electron chi connectivity index (χ2n) is 12.8. The number of nitrogens with two attached hydrogens (primary N) is 1. The predicted octanol–water partition coefficient (Wildman–Crippen LogP) is 0.781. The molecule has 2 rings (SSSR count). The average Bonchev–Trinajstić information content (AvgIpc) is 3.57. The summed E-state index contributed by atoms with van der Waals surface area (Å²) in [6, 6.07) is -3.61. The van der Waals surface area contributed by atoms with Crippen molar-refractivity contribution in [1.29, 1.82) is 0 Å². The number of nitrogens with one attached hydrogen (secondary N) is 3. The Morgan fingerprint density at radius 1 is 1.00 bits per heavy atom. The number of primary amides is 1. The highest BCUT2D eigenvalue weighted by Gasteiger charge is 2.47. The molecule has 1 heterocycles. The third-order valence-electron chi connectivity index (χ3n) is 7.82. The molecule has 6 amide bonds. The van der Waals surface area contributed by atoms with Crippen LogP contribution in [0.5, 0.6) is 0 Å². The Bertz CT molecular complexity index is 971. The van der Waals surface area contributed by atoms with Crippen LogP contribution in [-0.2, 0) is 24.0 Å². The number of likely N-dealkylation sites (tertiary alicyclic amines) is 1. The molecule has 0 radical (unpaired) electrons. The maximum atomic E-state index is 13.9. The molecule has 226 valence electrons. The van der Waals surface area contributed by atoms with Crippen LogP contribution in [0.3, 0.4) is 0 Å². The van der Waals surface area contributed by atoms with Crippen LogP contribution < -0.4 is 21.7 Å². The SMILES string of the molecule is CC(C)[C@H]1CCN(C(=O)[C@@H](NC(=O)NCC(=O)N(C)C)C(C)(C)C)[C@@H]1C(=O)NC(CCCC1CC1)C(=O)C(N)=O. The van der Waals surface area contributed by atoms with Gasteiger partial charge in [-0.1, -0.05) is 60.3 Å². The summed E-state index contributed by atoms with van der Waals surface area (Å²) in [5.41, 5.74) is 4.56. The van der Waals surface area contributed by atoms with Gasteiger partial charge >= 0.3 is 6.03 Å². The van der Waals surface area contributed by atoms with Gasteiger partial charge in [0.05, 0.1) is 12.6 Å². The van der Waals surface area contributed by atoms with Gasteiger partial charge in [0.15, 0.2) is 0 Å². The van der Waals surface area contributed by atoms with Crippen LogP contribution >= 0.6 is 0 Å². The molecule has 1 unspecified atom stereocenters. The van der Waals surface area contributed by atoms with Gasteiger partial charge in [-0.25, -0.2) is 4.79 Å². The Kier molecular flexibility index (Phi) is 11.5. The molecule has 1 aliphatic heterocycles. The first-order chi connectivity index (χ1) is 18.5. The molecule has 0 bridgehead atoms. The Morgan fingerprint density at radius 2 is 1.62 bits per heavy atom. The smallest absolute Gasteiger partial charge is 0.315 e. The summed E-state index contributed by atoms with van der Waals surface area (Å²) in [6.07, 6.45) is 4.78. The predicted molar refractivity (Wildman–Crippen MR) is 150 cm³/mol. The molecule has 0 aromatic carbocycles. The molecule has 2 fully saturated rings. The van der Waals surface area contributed by atoms with Gasteiger partial charge in [-0.3, -0.25) is 24.0 Å². The van der Waals surface area contributed by atoms with E-state index in [0.29, 0.717) is 31.7 Å². The normalized spacial score (nSPS) is 20.4. The molecule has 0 aromatic rings. The number of likely N-dealkylation sites (N-methyl/N-ethyl adjacent to an activating group) is 1. The van der Waals surface area contributed by atoms with Crippen molar-refractivity contribution in [2.45, 2.75) is 91.3 Å². The van der Waals surface area contributed by atoms with E-state index in [1.807, 2.05) is 13.8 Å². The number of carbonyl (C=O) groups excluding carboxylic acids is 6. The third kappa shape index (κ3) is 9.19. The van der Waals surface area contributed by atoms with E-state index >= 15 is 0 Å². The molecule has 4 atom stereocenters. The molecule has 2 aliphatic rings. The van der Waals surface area contributed by atoms with Crippen LogP contribution in [0.25, 0.3) is 0 Å².